The fraction of sp³-hybridized carbons (Fsp3) is 1.00. The van der Waals surface area contributed by atoms with Crippen LogP contribution in [-0.2, 0) is 0 Å². The molecule has 0 atom stereocenters. The van der Waals surface area contributed by atoms with Gasteiger partial charge in [-0.15, -0.1) is 0 Å². The van der Waals surface area contributed by atoms with Crippen molar-refractivity contribution in [3.8, 4) is 0 Å². The largest absolute Gasteiger partial charge is 0.344 e. The van der Waals surface area contributed by atoms with Crippen LogP contribution < -0.4 is 6.15 Å². The van der Waals surface area contributed by atoms with Gasteiger partial charge in [-0.25, -0.2) is 0 Å². The van der Waals surface area contributed by atoms with E-state index in [0.717, 1.165) is 5.92 Å². The summed E-state index contributed by atoms with van der Waals surface area (Å²) < 4.78 is 0. The molecule has 1 fully saturated rings. The van der Waals surface area contributed by atoms with Crippen molar-refractivity contribution >= 4 is 0 Å². The Morgan fingerprint density at radius 2 is 1.50 bits per heavy atom. The quantitative estimate of drug-likeness (QED) is 0.594. The summed E-state index contributed by atoms with van der Waals surface area (Å²) in [4.78, 5) is 0. The van der Waals surface area contributed by atoms with Gasteiger partial charge in [0.15, 0.2) is 0 Å². The van der Waals surface area contributed by atoms with Crippen molar-refractivity contribution in [3.63, 3.8) is 0 Å². The van der Waals surface area contributed by atoms with Gasteiger partial charge < -0.3 is 6.15 Å². The molecule has 0 heterocycles. The van der Waals surface area contributed by atoms with Gasteiger partial charge in [0.25, 0.3) is 0 Å². The van der Waals surface area contributed by atoms with E-state index in [1.807, 2.05) is 0 Å². The molecule has 0 radical (unpaired) electrons. The molecule has 1 heteroatoms. The van der Waals surface area contributed by atoms with E-state index in [4.69, 9.17) is 0 Å². The molecule has 0 spiro atoms. The van der Waals surface area contributed by atoms with Crippen molar-refractivity contribution in [2.45, 2.75) is 77.6 Å². The Balaban J connectivity index is 0.00000169. The normalized spacial score (nSPS) is 17.8. The predicted molar refractivity (Wildman–Crippen MR) is 65.0 cm³/mol. The summed E-state index contributed by atoms with van der Waals surface area (Å²) in [5, 5.41) is 0. The molecule has 1 rings (SSSR count). The summed E-state index contributed by atoms with van der Waals surface area (Å²) in [7, 11) is 0. The first-order chi connectivity index (χ1) is 6.43. The average molecular weight is 199 g/mol. The minimum absolute atomic E-state index is 0. The van der Waals surface area contributed by atoms with Crippen LogP contribution in [-0.4, -0.2) is 0 Å². The molecular formula is C13H29N. The Bertz CT molecular complexity index is 106. The van der Waals surface area contributed by atoms with Gasteiger partial charge in [-0.2, -0.15) is 0 Å². The van der Waals surface area contributed by atoms with Crippen LogP contribution in [0.5, 0.6) is 0 Å². The molecule has 0 aliphatic heterocycles. The lowest BCUT2D eigenvalue weighted by Gasteiger charge is -2.21. The number of rotatable bonds is 6. The predicted octanol–water partition coefficient (Wildman–Crippen LogP) is 5.09. The zero-order chi connectivity index (χ0) is 9.36. The molecule has 0 aromatic carbocycles. The van der Waals surface area contributed by atoms with Crippen LogP contribution in [0.25, 0.3) is 0 Å². The number of hydrogen-bond acceptors (Lipinski definition) is 1. The van der Waals surface area contributed by atoms with Gasteiger partial charge in [0, 0.05) is 0 Å². The average Bonchev–Trinajstić information content (AvgIpc) is 2.19. The molecule has 1 saturated carbocycles. The van der Waals surface area contributed by atoms with Crippen LogP contribution >= 0.6 is 0 Å². The molecule has 0 saturated heterocycles. The standard InChI is InChI=1S/C13H26.H3N/c1-2-3-4-5-7-10-13-11-8-6-9-12-13;/h13H,2-12H2,1H3;1H3. The molecule has 0 aromatic heterocycles. The lowest BCUT2D eigenvalue weighted by Crippen LogP contribution is -2.05. The molecule has 14 heavy (non-hydrogen) atoms. The molecule has 0 unspecified atom stereocenters. The molecule has 1 aliphatic carbocycles. The maximum Gasteiger partial charge on any atom is -0.0414 e. The van der Waals surface area contributed by atoms with Crippen molar-refractivity contribution < 1.29 is 0 Å². The number of unbranched alkanes of at least 4 members (excludes halogenated alkanes) is 4. The second-order valence-corrected chi connectivity index (χ2v) is 4.71. The summed E-state index contributed by atoms with van der Waals surface area (Å²) in [6, 6.07) is 0. The molecule has 0 amide bonds. The van der Waals surface area contributed by atoms with E-state index >= 15 is 0 Å². The Morgan fingerprint density at radius 3 is 2.14 bits per heavy atom. The van der Waals surface area contributed by atoms with E-state index < -0.39 is 0 Å². The van der Waals surface area contributed by atoms with E-state index in [9.17, 15) is 0 Å². The third-order valence-corrected chi connectivity index (χ3v) is 3.44. The maximum atomic E-state index is 2.29. The van der Waals surface area contributed by atoms with E-state index in [2.05, 4.69) is 6.92 Å². The third-order valence-electron chi connectivity index (χ3n) is 3.44. The maximum absolute atomic E-state index is 2.29. The van der Waals surface area contributed by atoms with Crippen LogP contribution in [0.3, 0.4) is 0 Å². The van der Waals surface area contributed by atoms with Crippen molar-refractivity contribution in [2.24, 2.45) is 5.92 Å². The summed E-state index contributed by atoms with van der Waals surface area (Å²) in [5.41, 5.74) is 0. The fourth-order valence-electron chi connectivity index (χ4n) is 2.51. The van der Waals surface area contributed by atoms with Gasteiger partial charge in [0.05, 0.1) is 0 Å². The van der Waals surface area contributed by atoms with Gasteiger partial charge >= 0.3 is 0 Å². The van der Waals surface area contributed by atoms with E-state index in [-0.39, 0.29) is 6.15 Å². The smallest absolute Gasteiger partial charge is 0.0414 e. The minimum atomic E-state index is 0. The lowest BCUT2D eigenvalue weighted by atomic mass is 9.85. The Labute approximate surface area is 90.2 Å². The monoisotopic (exact) mass is 199 g/mol. The summed E-state index contributed by atoms with van der Waals surface area (Å²) in [6.45, 7) is 2.29. The van der Waals surface area contributed by atoms with Gasteiger partial charge in [-0.1, -0.05) is 77.6 Å². The topological polar surface area (TPSA) is 35.0 Å². The van der Waals surface area contributed by atoms with E-state index in [1.54, 1.807) is 0 Å². The van der Waals surface area contributed by atoms with Gasteiger partial charge in [0.1, 0.15) is 0 Å². The van der Waals surface area contributed by atoms with E-state index in [0.29, 0.717) is 0 Å². The van der Waals surface area contributed by atoms with Gasteiger partial charge in [-0.3, -0.25) is 0 Å². The summed E-state index contributed by atoms with van der Waals surface area (Å²) in [5.74, 6) is 1.11. The van der Waals surface area contributed by atoms with E-state index in [1.165, 1.54) is 70.6 Å². The van der Waals surface area contributed by atoms with Crippen LogP contribution in [0.2, 0.25) is 0 Å². The molecular weight excluding hydrogens is 170 g/mol. The molecule has 1 nitrogen and oxygen atoms in total. The zero-order valence-electron chi connectivity index (χ0n) is 10.1. The van der Waals surface area contributed by atoms with Crippen LogP contribution in [0, 0.1) is 5.92 Å². The first-order valence-electron chi connectivity index (χ1n) is 6.43. The Kier molecular flexibility index (Phi) is 9.49. The molecule has 1 aliphatic rings. The summed E-state index contributed by atoms with van der Waals surface area (Å²) >= 11 is 0. The van der Waals surface area contributed by atoms with Gasteiger partial charge in [0.2, 0.25) is 0 Å². The molecule has 0 bridgehead atoms. The molecule has 3 N–H and O–H groups in total. The second-order valence-electron chi connectivity index (χ2n) is 4.71. The first-order valence-corrected chi connectivity index (χ1v) is 6.43. The highest BCUT2D eigenvalue weighted by atomic mass is 14.2. The third kappa shape index (κ3) is 6.42. The highest BCUT2D eigenvalue weighted by Crippen LogP contribution is 2.27. The van der Waals surface area contributed by atoms with Crippen molar-refractivity contribution in [1.82, 2.24) is 6.15 Å². The Morgan fingerprint density at radius 1 is 0.857 bits per heavy atom. The van der Waals surface area contributed by atoms with Crippen LogP contribution in [0.1, 0.15) is 77.6 Å². The van der Waals surface area contributed by atoms with Crippen molar-refractivity contribution in [1.29, 1.82) is 0 Å². The van der Waals surface area contributed by atoms with Crippen LogP contribution in [0.4, 0.5) is 0 Å². The minimum Gasteiger partial charge on any atom is -0.344 e. The van der Waals surface area contributed by atoms with Crippen molar-refractivity contribution in [3.05, 3.63) is 0 Å². The highest BCUT2D eigenvalue weighted by Gasteiger charge is 2.12. The highest BCUT2D eigenvalue weighted by molar-refractivity contribution is 4.65. The first kappa shape index (κ1) is 14.0. The Hall–Kier alpha value is -0.0400. The zero-order valence-corrected chi connectivity index (χ0v) is 10.1. The molecule has 0 aromatic rings. The second kappa shape index (κ2) is 9.51. The van der Waals surface area contributed by atoms with Crippen LogP contribution in [0.15, 0.2) is 0 Å². The number of hydrogen-bond donors (Lipinski definition) is 1. The SMILES string of the molecule is CCCCCCCC1CCCCC1.N. The van der Waals surface area contributed by atoms with Gasteiger partial charge in [-0.05, 0) is 5.92 Å². The fourth-order valence-corrected chi connectivity index (χ4v) is 2.51. The lowest BCUT2D eigenvalue weighted by molar-refractivity contribution is 0.328. The summed E-state index contributed by atoms with van der Waals surface area (Å²) in [6.07, 6.45) is 16.4. The van der Waals surface area contributed by atoms with Crippen molar-refractivity contribution in [2.75, 3.05) is 0 Å². The molecule has 86 valence electrons.